The van der Waals surface area contributed by atoms with Crippen molar-refractivity contribution < 1.29 is 17.9 Å². The number of hydrogen-bond acceptors (Lipinski definition) is 5. The molecule has 0 spiro atoms. The molecule has 0 fully saturated rings. The SMILES string of the molecule is CCOC(=O)C1=C(N)S(=O)(=O)C=C1. The second-order valence-electron chi connectivity index (χ2n) is 2.35. The van der Waals surface area contributed by atoms with Gasteiger partial charge in [-0.1, -0.05) is 0 Å². The van der Waals surface area contributed by atoms with Crippen molar-refractivity contribution in [1.82, 2.24) is 0 Å². The van der Waals surface area contributed by atoms with E-state index in [0.29, 0.717) is 0 Å². The molecule has 72 valence electrons. The number of carbonyl (C=O) groups excluding carboxylic acids is 1. The summed E-state index contributed by atoms with van der Waals surface area (Å²) in [4.78, 5) is 11.1. The fraction of sp³-hybridized carbons (Fsp3) is 0.286. The molecule has 1 heterocycles. The van der Waals surface area contributed by atoms with Crippen LogP contribution in [0.3, 0.4) is 0 Å². The first-order valence-corrected chi connectivity index (χ1v) is 5.13. The molecule has 0 radical (unpaired) electrons. The van der Waals surface area contributed by atoms with Gasteiger partial charge in [0, 0.05) is 5.41 Å². The minimum atomic E-state index is -3.56. The Balaban J connectivity index is 3.03. The molecule has 0 aromatic heterocycles. The summed E-state index contributed by atoms with van der Waals surface area (Å²) < 4.78 is 26.6. The minimum absolute atomic E-state index is 0.0955. The highest BCUT2D eigenvalue weighted by Crippen LogP contribution is 2.19. The second-order valence-corrected chi connectivity index (χ2v) is 4.15. The highest BCUT2D eigenvalue weighted by molar-refractivity contribution is 7.98. The molecule has 0 saturated heterocycles. The van der Waals surface area contributed by atoms with E-state index in [-0.39, 0.29) is 12.2 Å². The Kier molecular flexibility index (Phi) is 2.42. The van der Waals surface area contributed by atoms with E-state index in [1.165, 1.54) is 0 Å². The van der Waals surface area contributed by atoms with Crippen LogP contribution in [0.2, 0.25) is 0 Å². The van der Waals surface area contributed by atoms with E-state index in [4.69, 9.17) is 5.73 Å². The highest BCUT2D eigenvalue weighted by Gasteiger charge is 2.26. The number of nitrogens with two attached hydrogens (primary N) is 1. The van der Waals surface area contributed by atoms with Crippen LogP contribution < -0.4 is 5.73 Å². The predicted molar refractivity (Wildman–Crippen MR) is 45.9 cm³/mol. The Labute approximate surface area is 75.8 Å². The molecule has 0 amide bonds. The highest BCUT2D eigenvalue weighted by atomic mass is 32.2. The molecule has 6 heteroatoms. The van der Waals surface area contributed by atoms with Gasteiger partial charge in [-0.3, -0.25) is 0 Å². The van der Waals surface area contributed by atoms with Gasteiger partial charge in [0.05, 0.1) is 12.2 Å². The molecule has 0 aromatic carbocycles. The number of rotatable bonds is 2. The van der Waals surface area contributed by atoms with Crippen molar-refractivity contribution in [3.8, 4) is 0 Å². The second kappa shape index (κ2) is 3.21. The predicted octanol–water partition coefficient (Wildman–Crippen LogP) is -0.338. The zero-order chi connectivity index (χ0) is 10.1. The standard InChI is InChI=1S/C7H9NO4S/c1-2-12-7(9)5-3-4-13(10,11)6(5)8/h3-4H,2,8H2,1H3. The Bertz CT molecular complexity index is 391. The van der Waals surface area contributed by atoms with Crippen molar-refractivity contribution in [1.29, 1.82) is 0 Å². The van der Waals surface area contributed by atoms with Gasteiger partial charge in [-0.15, -0.1) is 0 Å². The summed E-state index contributed by atoms with van der Waals surface area (Å²) >= 11 is 0. The molecule has 0 atom stereocenters. The monoisotopic (exact) mass is 203 g/mol. The molecule has 1 aliphatic rings. The van der Waals surface area contributed by atoms with Gasteiger partial charge in [0.15, 0.2) is 0 Å². The van der Waals surface area contributed by atoms with Crippen LogP contribution in [0.25, 0.3) is 0 Å². The van der Waals surface area contributed by atoms with E-state index in [1.54, 1.807) is 6.92 Å². The summed E-state index contributed by atoms with van der Waals surface area (Å²) in [5.41, 5.74) is 5.12. The number of ether oxygens (including phenoxy) is 1. The van der Waals surface area contributed by atoms with Crippen molar-refractivity contribution in [2.45, 2.75) is 6.92 Å². The Hall–Kier alpha value is -1.30. The average Bonchev–Trinajstić information content (AvgIpc) is 2.28. The smallest absolute Gasteiger partial charge is 0.341 e. The zero-order valence-corrected chi connectivity index (χ0v) is 7.80. The summed E-state index contributed by atoms with van der Waals surface area (Å²) in [6.45, 7) is 1.81. The molecule has 0 saturated carbocycles. The van der Waals surface area contributed by atoms with Crippen molar-refractivity contribution in [2.24, 2.45) is 5.73 Å². The van der Waals surface area contributed by atoms with E-state index in [2.05, 4.69) is 4.74 Å². The van der Waals surface area contributed by atoms with Gasteiger partial charge in [-0.05, 0) is 13.0 Å². The molecular formula is C7H9NO4S. The van der Waals surface area contributed by atoms with Crippen molar-refractivity contribution in [3.63, 3.8) is 0 Å². The molecule has 1 aliphatic heterocycles. The number of carbonyl (C=O) groups is 1. The summed E-state index contributed by atoms with van der Waals surface area (Å²) in [5.74, 6) is -0.711. The van der Waals surface area contributed by atoms with Crippen LogP contribution in [0.5, 0.6) is 0 Å². The number of sulfone groups is 1. The minimum Gasteiger partial charge on any atom is -0.462 e. The lowest BCUT2D eigenvalue weighted by Gasteiger charge is -2.00. The first-order chi connectivity index (χ1) is 5.99. The Morgan fingerprint density at radius 3 is 2.62 bits per heavy atom. The fourth-order valence-electron chi connectivity index (χ4n) is 0.844. The normalized spacial score (nSPS) is 19.2. The largest absolute Gasteiger partial charge is 0.462 e. The maximum absolute atomic E-state index is 11.1. The van der Waals surface area contributed by atoms with Crippen LogP contribution in [0.1, 0.15) is 6.92 Å². The summed E-state index contributed by atoms with van der Waals surface area (Å²) in [7, 11) is -3.56. The molecule has 0 unspecified atom stereocenters. The fourth-order valence-corrected chi connectivity index (χ4v) is 1.76. The van der Waals surface area contributed by atoms with Crippen LogP contribution in [-0.4, -0.2) is 21.0 Å². The van der Waals surface area contributed by atoms with E-state index in [0.717, 1.165) is 11.5 Å². The average molecular weight is 203 g/mol. The summed E-state index contributed by atoms with van der Waals surface area (Å²) in [6, 6.07) is 0. The van der Waals surface area contributed by atoms with E-state index in [9.17, 15) is 13.2 Å². The summed E-state index contributed by atoms with van der Waals surface area (Å²) in [6.07, 6.45) is 1.14. The third-order valence-corrected chi connectivity index (χ3v) is 2.81. The summed E-state index contributed by atoms with van der Waals surface area (Å²) in [5, 5.41) is 0.445. The van der Waals surface area contributed by atoms with Gasteiger partial charge >= 0.3 is 5.97 Å². The van der Waals surface area contributed by atoms with Gasteiger partial charge in [-0.2, -0.15) is 0 Å². The third-order valence-electron chi connectivity index (χ3n) is 1.48. The van der Waals surface area contributed by atoms with Crippen molar-refractivity contribution >= 4 is 15.8 Å². The Morgan fingerprint density at radius 2 is 2.23 bits per heavy atom. The molecular weight excluding hydrogens is 194 g/mol. The van der Waals surface area contributed by atoms with E-state index < -0.39 is 20.8 Å². The molecule has 1 rings (SSSR count). The molecule has 13 heavy (non-hydrogen) atoms. The van der Waals surface area contributed by atoms with Crippen LogP contribution in [0.15, 0.2) is 22.1 Å². The van der Waals surface area contributed by atoms with Crippen LogP contribution in [-0.2, 0) is 19.4 Å². The maximum Gasteiger partial charge on any atom is 0.341 e. The molecule has 0 aromatic rings. The number of hydrogen-bond donors (Lipinski definition) is 1. The zero-order valence-electron chi connectivity index (χ0n) is 6.98. The lowest BCUT2D eigenvalue weighted by Crippen LogP contribution is -2.14. The van der Waals surface area contributed by atoms with Gasteiger partial charge < -0.3 is 10.5 Å². The van der Waals surface area contributed by atoms with E-state index >= 15 is 0 Å². The van der Waals surface area contributed by atoms with Crippen molar-refractivity contribution in [2.75, 3.05) is 6.61 Å². The first kappa shape index (κ1) is 9.79. The molecule has 5 nitrogen and oxygen atoms in total. The lowest BCUT2D eigenvalue weighted by molar-refractivity contribution is -0.138. The van der Waals surface area contributed by atoms with Crippen LogP contribution >= 0.6 is 0 Å². The topological polar surface area (TPSA) is 86.5 Å². The quantitative estimate of drug-likeness (QED) is 0.620. The molecule has 0 bridgehead atoms. The van der Waals surface area contributed by atoms with Gasteiger partial charge in [0.1, 0.15) is 5.03 Å². The van der Waals surface area contributed by atoms with Gasteiger partial charge in [0.25, 0.3) is 0 Å². The van der Waals surface area contributed by atoms with Crippen LogP contribution in [0, 0.1) is 0 Å². The van der Waals surface area contributed by atoms with Crippen molar-refractivity contribution in [3.05, 3.63) is 22.1 Å². The lowest BCUT2D eigenvalue weighted by atomic mass is 10.3. The van der Waals surface area contributed by atoms with Crippen LogP contribution in [0.4, 0.5) is 0 Å². The Morgan fingerprint density at radius 1 is 1.62 bits per heavy atom. The van der Waals surface area contributed by atoms with E-state index in [1.807, 2.05) is 0 Å². The van der Waals surface area contributed by atoms with Gasteiger partial charge in [0.2, 0.25) is 9.84 Å². The van der Waals surface area contributed by atoms with Gasteiger partial charge in [-0.25, -0.2) is 13.2 Å². The molecule has 2 N–H and O–H groups in total. The number of esters is 1. The molecule has 0 aliphatic carbocycles. The maximum atomic E-state index is 11.1. The third kappa shape index (κ3) is 1.72. The first-order valence-electron chi connectivity index (χ1n) is 3.59.